The maximum Gasteiger partial charge on any atom is 0.248 e. The zero-order valence-corrected chi connectivity index (χ0v) is 11.1. The minimum atomic E-state index is -3.63. The van der Waals surface area contributed by atoms with E-state index in [1.807, 2.05) is 6.92 Å². The maximum atomic E-state index is 12.3. The summed E-state index contributed by atoms with van der Waals surface area (Å²) in [5.41, 5.74) is 5.66. The molecule has 0 aromatic carbocycles. The molecule has 102 valence electrons. The smallest absolute Gasteiger partial charge is 0.248 e. The number of aliphatic hydroxyl groups excluding tert-OH is 1. The van der Waals surface area contributed by atoms with E-state index in [1.54, 1.807) is 0 Å². The van der Waals surface area contributed by atoms with Crippen LogP contribution in [0.15, 0.2) is 11.1 Å². The number of aryl methyl sites for hydroxylation is 1. The molecule has 1 aliphatic heterocycles. The van der Waals surface area contributed by atoms with Gasteiger partial charge in [-0.15, -0.1) is 0 Å². The molecule has 0 radical (unpaired) electrons. The van der Waals surface area contributed by atoms with Gasteiger partial charge < -0.3 is 10.8 Å². The van der Waals surface area contributed by atoms with E-state index < -0.39 is 16.1 Å². The second-order valence-corrected chi connectivity index (χ2v) is 6.35. The molecule has 7 nitrogen and oxygen atoms in total. The molecular weight excluding hydrogens is 256 g/mol. The molecule has 2 rings (SSSR count). The third-order valence-corrected chi connectivity index (χ3v) is 4.83. The van der Waals surface area contributed by atoms with Crippen molar-refractivity contribution in [2.45, 2.75) is 37.3 Å². The number of nitrogens with two attached hydrogens (primary N) is 1. The predicted octanol–water partition coefficient (Wildman–Crippen LogP) is -0.369. The SMILES string of the molecule is CCCn1cc(S(=O)(=O)N2CCC(O)C2)c(N)n1. The zero-order valence-electron chi connectivity index (χ0n) is 10.3. The fourth-order valence-electron chi connectivity index (χ4n) is 2.03. The summed E-state index contributed by atoms with van der Waals surface area (Å²) in [6.07, 6.45) is 2.18. The van der Waals surface area contributed by atoms with E-state index in [1.165, 1.54) is 15.2 Å². The first kappa shape index (κ1) is 13.3. The van der Waals surface area contributed by atoms with Crippen LogP contribution in [0.1, 0.15) is 19.8 Å². The fourth-order valence-corrected chi connectivity index (χ4v) is 3.58. The van der Waals surface area contributed by atoms with E-state index >= 15 is 0 Å². The van der Waals surface area contributed by atoms with Crippen LogP contribution in [0.25, 0.3) is 0 Å². The van der Waals surface area contributed by atoms with Crippen molar-refractivity contribution >= 4 is 15.8 Å². The minimum absolute atomic E-state index is 0.0184. The Kier molecular flexibility index (Phi) is 3.60. The Hall–Kier alpha value is -1.12. The van der Waals surface area contributed by atoms with Crippen molar-refractivity contribution in [3.8, 4) is 0 Å². The standard InChI is InChI=1S/C10H18N4O3S/c1-2-4-13-7-9(10(11)12-13)18(16,17)14-5-3-8(15)6-14/h7-8,15H,2-6H2,1H3,(H2,11,12). The Morgan fingerprint density at radius 2 is 2.33 bits per heavy atom. The van der Waals surface area contributed by atoms with Gasteiger partial charge in [0.2, 0.25) is 10.0 Å². The average molecular weight is 274 g/mol. The van der Waals surface area contributed by atoms with Gasteiger partial charge in [-0.2, -0.15) is 9.40 Å². The summed E-state index contributed by atoms with van der Waals surface area (Å²) >= 11 is 0. The van der Waals surface area contributed by atoms with Crippen molar-refractivity contribution in [2.24, 2.45) is 0 Å². The molecule has 1 saturated heterocycles. The van der Waals surface area contributed by atoms with Crippen LogP contribution >= 0.6 is 0 Å². The Morgan fingerprint density at radius 1 is 1.61 bits per heavy atom. The van der Waals surface area contributed by atoms with Crippen LogP contribution in [-0.2, 0) is 16.6 Å². The van der Waals surface area contributed by atoms with Crippen molar-refractivity contribution in [3.63, 3.8) is 0 Å². The van der Waals surface area contributed by atoms with Crippen LogP contribution in [0.3, 0.4) is 0 Å². The van der Waals surface area contributed by atoms with Crippen LogP contribution in [-0.4, -0.2) is 46.8 Å². The van der Waals surface area contributed by atoms with Crippen molar-refractivity contribution in [1.29, 1.82) is 0 Å². The molecule has 0 amide bonds. The maximum absolute atomic E-state index is 12.3. The lowest BCUT2D eigenvalue weighted by atomic mass is 10.3. The number of hydrogen-bond acceptors (Lipinski definition) is 5. The average Bonchev–Trinajstić information content (AvgIpc) is 2.86. The molecule has 8 heteroatoms. The van der Waals surface area contributed by atoms with Crippen molar-refractivity contribution < 1.29 is 13.5 Å². The Labute approximate surface area is 106 Å². The van der Waals surface area contributed by atoms with Gasteiger partial charge in [-0.1, -0.05) is 6.92 Å². The molecule has 0 bridgehead atoms. The lowest BCUT2D eigenvalue weighted by molar-refractivity contribution is 0.189. The number of hydrogen-bond donors (Lipinski definition) is 2. The number of β-amino-alcohol motifs (C(OH)–C–C–N with tert-alkyl or cyclic N) is 1. The lowest BCUT2D eigenvalue weighted by Gasteiger charge is -2.14. The highest BCUT2D eigenvalue weighted by atomic mass is 32.2. The topological polar surface area (TPSA) is 101 Å². The van der Waals surface area contributed by atoms with Gasteiger partial charge in [-0.05, 0) is 12.8 Å². The summed E-state index contributed by atoms with van der Waals surface area (Å²) in [6.45, 7) is 3.05. The van der Waals surface area contributed by atoms with E-state index in [0.29, 0.717) is 19.5 Å². The number of aromatic nitrogens is 2. The van der Waals surface area contributed by atoms with Crippen LogP contribution < -0.4 is 5.73 Å². The molecule has 1 aromatic rings. The highest BCUT2D eigenvalue weighted by molar-refractivity contribution is 7.89. The summed E-state index contributed by atoms with van der Waals surface area (Å²) in [6, 6.07) is 0. The molecule has 1 aromatic heterocycles. The number of nitrogen functional groups attached to an aromatic ring is 1. The van der Waals surface area contributed by atoms with Gasteiger partial charge >= 0.3 is 0 Å². The minimum Gasteiger partial charge on any atom is -0.392 e. The molecule has 1 atom stereocenters. The van der Waals surface area contributed by atoms with E-state index in [4.69, 9.17) is 5.73 Å². The fraction of sp³-hybridized carbons (Fsp3) is 0.700. The monoisotopic (exact) mass is 274 g/mol. The summed E-state index contributed by atoms with van der Waals surface area (Å²) in [5, 5.41) is 13.4. The van der Waals surface area contributed by atoms with Gasteiger partial charge in [-0.25, -0.2) is 8.42 Å². The molecule has 0 saturated carbocycles. The van der Waals surface area contributed by atoms with Crippen molar-refractivity contribution in [2.75, 3.05) is 18.8 Å². The lowest BCUT2D eigenvalue weighted by Crippen LogP contribution is -2.30. The van der Waals surface area contributed by atoms with Crippen LogP contribution in [0.2, 0.25) is 0 Å². The van der Waals surface area contributed by atoms with E-state index in [9.17, 15) is 13.5 Å². The molecule has 1 unspecified atom stereocenters. The quantitative estimate of drug-likeness (QED) is 0.780. The summed E-state index contributed by atoms with van der Waals surface area (Å²) < 4.78 is 27.4. The first-order valence-electron chi connectivity index (χ1n) is 5.96. The Morgan fingerprint density at radius 3 is 2.89 bits per heavy atom. The molecule has 1 aliphatic rings. The number of aliphatic hydroxyl groups is 1. The van der Waals surface area contributed by atoms with Gasteiger partial charge in [0.15, 0.2) is 5.82 Å². The van der Waals surface area contributed by atoms with E-state index in [0.717, 1.165) is 6.42 Å². The molecule has 0 aliphatic carbocycles. The Bertz CT molecular complexity index is 525. The second kappa shape index (κ2) is 4.87. The van der Waals surface area contributed by atoms with E-state index in [-0.39, 0.29) is 17.3 Å². The third kappa shape index (κ3) is 2.36. The molecule has 1 fully saturated rings. The summed E-state index contributed by atoms with van der Waals surface area (Å²) in [7, 11) is -3.63. The molecule has 2 heterocycles. The summed E-state index contributed by atoms with van der Waals surface area (Å²) in [5.74, 6) is 0.0184. The van der Waals surface area contributed by atoms with Gasteiger partial charge in [-0.3, -0.25) is 4.68 Å². The van der Waals surface area contributed by atoms with Gasteiger partial charge in [0.25, 0.3) is 0 Å². The highest BCUT2D eigenvalue weighted by Gasteiger charge is 2.34. The van der Waals surface area contributed by atoms with Gasteiger partial charge in [0.1, 0.15) is 4.90 Å². The highest BCUT2D eigenvalue weighted by Crippen LogP contribution is 2.24. The molecule has 0 spiro atoms. The number of anilines is 1. The molecular formula is C10H18N4O3S. The number of rotatable bonds is 4. The largest absolute Gasteiger partial charge is 0.392 e. The van der Waals surface area contributed by atoms with Crippen LogP contribution in [0, 0.1) is 0 Å². The van der Waals surface area contributed by atoms with Crippen LogP contribution in [0.4, 0.5) is 5.82 Å². The number of sulfonamides is 1. The first-order chi connectivity index (χ1) is 8.45. The predicted molar refractivity (Wildman–Crippen MR) is 66.3 cm³/mol. The van der Waals surface area contributed by atoms with E-state index in [2.05, 4.69) is 5.10 Å². The van der Waals surface area contributed by atoms with Gasteiger partial charge in [0, 0.05) is 25.8 Å². The Balaban J connectivity index is 2.29. The summed E-state index contributed by atoms with van der Waals surface area (Å²) in [4.78, 5) is 0.0325. The second-order valence-electron chi connectivity index (χ2n) is 4.45. The van der Waals surface area contributed by atoms with Crippen LogP contribution in [0.5, 0.6) is 0 Å². The molecule has 18 heavy (non-hydrogen) atoms. The van der Waals surface area contributed by atoms with Crippen molar-refractivity contribution in [1.82, 2.24) is 14.1 Å². The molecule has 3 N–H and O–H groups in total. The normalized spacial score (nSPS) is 21.6. The zero-order chi connectivity index (χ0) is 13.3. The number of nitrogens with zero attached hydrogens (tertiary/aromatic N) is 3. The first-order valence-corrected chi connectivity index (χ1v) is 7.40. The van der Waals surface area contributed by atoms with Gasteiger partial charge in [0.05, 0.1) is 6.10 Å². The third-order valence-electron chi connectivity index (χ3n) is 2.95. The van der Waals surface area contributed by atoms with Crippen molar-refractivity contribution in [3.05, 3.63) is 6.20 Å².